The zero-order valence-corrected chi connectivity index (χ0v) is 15.9. The van der Waals surface area contributed by atoms with Crippen LogP contribution in [0, 0.1) is 0 Å². The molecule has 0 amide bonds. The van der Waals surface area contributed by atoms with Gasteiger partial charge in [-0.05, 0) is 38.8 Å². The lowest BCUT2D eigenvalue weighted by Crippen LogP contribution is -2.37. The zero-order valence-electron chi connectivity index (χ0n) is 15.9. The summed E-state index contributed by atoms with van der Waals surface area (Å²) in [6, 6.07) is 5.76. The molecule has 0 spiro atoms. The summed E-state index contributed by atoms with van der Waals surface area (Å²) in [7, 11) is 1.52. The Kier molecular flexibility index (Phi) is 4.15. The number of fused-ring (bicyclic) bond motifs is 2. The summed E-state index contributed by atoms with van der Waals surface area (Å²) in [4.78, 5) is 12.7. The van der Waals surface area contributed by atoms with E-state index in [0.29, 0.717) is 23.5 Å². The van der Waals surface area contributed by atoms with Crippen molar-refractivity contribution >= 4 is 5.78 Å². The van der Waals surface area contributed by atoms with E-state index < -0.39 is 23.7 Å². The van der Waals surface area contributed by atoms with Crippen LogP contribution in [0.25, 0.3) is 0 Å². The van der Waals surface area contributed by atoms with Crippen molar-refractivity contribution in [1.29, 1.82) is 0 Å². The highest BCUT2D eigenvalue weighted by molar-refractivity contribution is 6.05. The molecule has 0 fully saturated rings. The molecule has 2 heterocycles. The van der Waals surface area contributed by atoms with E-state index >= 15 is 0 Å². The number of benzene rings is 2. The van der Waals surface area contributed by atoms with E-state index in [1.165, 1.54) is 13.2 Å². The summed E-state index contributed by atoms with van der Waals surface area (Å²) in [5, 5.41) is 30.3. The van der Waals surface area contributed by atoms with Crippen LogP contribution in [0.15, 0.2) is 24.3 Å². The maximum atomic E-state index is 12.7. The fraction of sp³-hybridized carbons (Fsp3) is 0.381. The molecule has 0 saturated heterocycles. The fourth-order valence-electron chi connectivity index (χ4n) is 3.85. The third-order valence-electron chi connectivity index (χ3n) is 5.24. The van der Waals surface area contributed by atoms with Gasteiger partial charge >= 0.3 is 0 Å². The fourth-order valence-corrected chi connectivity index (χ4v) is 3.85. The second-order valence-corrected chi connectivity index (χ2v) is 7.71. The summed E-state index contributed by atoms with van der Waals surface area (Å²) in [5.74, 6) is -0.157. The van der Waals surface area contributed by atoms with Gasteiger partial charge in [-0.3, -0.25) is 4.79 Å². The van der Waals surface area contributed by atoms with Crippen molar-refractivity contribution in [3.05, 3.63) is 41.0 Å². The number of Topliss-reactive ketones (excluding diaryl/α,β-unsaturated/α-hetero) is 1. The number of rotatable bonds is 2. The van der Waals surface area contributed by atoms with Gasteiger partial charge in [-0.1, -0.05) is 0 Å². The van der Waals surface area contributed by atoms with Crippen LogP contribution in [-0.4, -0.2) is 39.9 Å². The van der Waals surface area contributed by atoms with Crippen LogP contribution >= 0.6 is 0 Å². The second-order valence-electron chi connectivity index (χ2n) is 7.71. The highest BCUT2D eigenvalue weighted by Gasteiger charge is 2.41. The summed E-state index contributed by atoms with van der Waals surface area (Å²) in [5.41, 5.74) is 0.916. The first kappa shape index (κ1) is 18.4. The average Bonchev–Trinajstić information content (AvgIpc) is 2.62. The Morgan fingerprint density at radius 3 is 2.64 bits per heavy atom. The molecule has 2 aromatic rings. The quantitative estimate of drug-likeness (QED) is 0.729. The second kappa shape index (κ2) is 6.31. The van der Waals surface area contributed by atoms with E-state index in [9.17, 15) is 20.1 Å². The first-order valence-electron chi connectivity index (χ1n) is 9.05. The Balaban J connectivity index is 1.80. The molecular weight excluding hydrogens is 364 g/mol. The minimum Gasteiger partial charge on any atom is -0.508 e. The predicted molar refractivity (Wildman–Crippen MR) is 99.5 cm³/mol. The Morgan fingerprint density at radius 1 is 1.18 bits per heavy atom. The molecule has 28 heavy (non-hydrogen) atoms. The van der Waals surface area contributed by atoms with E-state index in [4.69, 9.17) is 14.2 Å². The van der Waals surface area contributed by atoms with Crippen LogP contribution in [0.2, 0.25) is 0 Å². The van der Waals surface area contributed by atoms with Gasteiger partial charge in [0.2, 0.25) is 5.78 Å². The zero-order chi connectivity index (χ0) is 20.2. The Bertz CT molecular complexity index is 964. The molecule has 3 N–H and O–H groups in total. The summed E-state index contributed by atoms with van der Waals surface area (Å²) in [6.45, 7) is 4.03. The Hall–Kier alpha value is -2.93. The first-order chi connectivity index (χ1) is 13.2. The molecular formula is C21H22O7. The van der Waals surface area contributed by atoms with E-state index in [0.717, 1.165) is 18.1 Å². The Labute approximate surface area is 162 Å². The molecule has 148 valence electrons. The Morgan fingerprint density at radius 2 is 1.93 bits per heavy atom. The smallest absolute Gasteiger partial charge is 0.202 e. The monoisotopic (exact) mass is 386 g/mol. The molecule has 0 bridgehead atoms. The van der Waals surface area contributed by atoms with Crippen molar-refractivity contribution in [1.82, 2.24) is 0 Å². The molecule has 7 heteroatoms. The van der Waals surface area contributed by atoms with Gasteiger partial charge in [-0.25, -0.2) is 0 Å². The maximum absolute atomic E-state index is 12.7. The van der Waals surface area contributed by atoms with Crippen molar-refractivity contribution in [3.8, 4) is 28.7 Å². The van der Waals surface area contributed by atoms with Gasteiger partial charge in [0.25, 0.3) is 0 Å². The normalized spacial score (nSPS) is 22.5. The van der Waals surface area contributed by atoms with Crippen molar-refractivity contribution in [2.24, 2.45) is 0 Å². The topological polar surface area (TPSA) is 105 Å². The minimum atomic E-state index is -1.53. The molecule has 0 saturated carbocycles. The number of ether oxygens (including phenoxy) is 3. The van der Waals surface area contributed by atoms with Gasteiger partial charge < -0.3 is 29.5 Å². The summed E-state index contributed by atoms with van der Waals surface area (Å²) < 4.78 is 17.5. The third kappa shape index (κ3) is 2.82. The van der Waals surface area contributed by atoms with Gasteiger partial charge in [0.1, 0.15) is 39.9 Å². The molecule has 2 aromatic carbocycles. The number of hydrogen-bond donors (Lipinski definition) is 3. The molecule has 2 aliphatic rings. The van der Waals surface area contributed by atoms with Crippen LogP contribution in [0.3, 0.4) is 0 Å². The molecule has 7 nitrogen and oxygen atoms in total. The average molecular weight is 386 g/mol. The van der Waals surface area contributed by atoms with Crippen molar-refractivity contribution in [2.45, 2.75) is 44.5 Å². The van der Waals surface area contributed by atoms with Crippen LogP contribution < -0.4 is 14.2 Å². The van der Waals surface area contributed by atoms with Crippen LogP contribution in [-0.2, 0) is 6.42 Å². The molecule has 0 aliphatic carbocycles. The number of aliphatic hydroxyl groups is 1. The minimum absolute atomic E-state index is 0.00922. The molecule has 4 rings (SSSR count). The first-order valence-corrected chi connectivity index (χ1v) is 9.05. The standard InChI is InChI=1S/C21H22O7/c1-21(2)7-6-11-14(28-21)5-4-12(19(11)26-3)20-18(25)17(24)16-13(23)8-10(22)9-15(16)27-20/h4-5,8-9,18,20,22-23,25H,6-7H2,1-3H3/t18-,20+/m1/s1. The lowest BCUT2D eigenvalue weighted by molar-refractivity contribution is 0.0200. The number of phenolic OH excluding ortho intramolecular Hbond substituents is 2. The van der Waals surface area contributed by atoms with Gasteiger partial charge in [0.15, 0.2) is 12.2 Å². The lowest BCUT2D eigenvalue weighted by Gasteiger charge is -2.35. The summed E-state index contributed by atoms with van der Waals surface area (Å²) in [6.07, 6.45) is -1.07. The van der Waals surface area contributed by atoms with Gasteiger partial charge in [0.05, 0.1) is 7.11 Å². The van der Waals surface area contributed by atoms with Gasteiger partial charge in [-0.2, -0.15) is 0 Å². The van der Waals surface area contributed by atoms with Crippen molar-refractivity contribution < 1.29 is 34.3 Å². The highest BCUT2D eigenvalue weighted by Crippen LogP contribution is 2.47. The molecule has 2 atom stereocenters. The van der Waals surface area contributed by atoms with Crippen LogP contribution in [0.4, 0.5) is 0 Å². The number of ketones is 1. The number of aromatic hydroxyl groups is 2. The molecule has 0 aromatic heterocycles. The van der Waals surface area contributed by atoms with Crippen molar-refractivity contribution in [3.63, 3.8) is 0 Å². The number of aliphatic hydroxyl groups excluding tert-OH is 1. The maximum Gasteiger partial charge on any atom is 0.202 e. The van der Waals surface area contributed by atoms with Gasteiger partial charge in [-0.15, -0.1) is 0 Å². The van der Waals surface area contributed by atoms with Crippen molar-refractivity contribution in [2.75, 3.05) is 7.11 Å². The summed E-state index contributed by atoms with van der Waals surface area (Å²) >= 11 is 0. The molecule has 0 radical (unpaired) electrons. The van der Waals surface area contributed by atoms with E-state index in [1.807, 2.05) is 13.8 Å². The SMILES string of the molecule is COc1c([C@@H]2Oc3cc(O)cc(O)c3C(=O)[C@H]2O)ccc2c1CCC(C)(C)O2. The third-order valence-corrected chi connectivity index (χ3v) is 5.24. The number of phenols is 2. The van der Waals surface area contributed by atoms with E-state index in [1.54, 1.807) is 12.1 Å². The van der Waals surface area contributed by atoms with E-state index in [2.05, 4.69) is 0 Å². The predicted octanol–water partition coefficient (Wildman–Crippen LogP) is 2.89. The largest absolute Gasteiger partial charge is 0.508 e. The lowest BCUT2D eigenvalue weighted by atomic mass is 9.88. The number of methoxy groups -OCH3 is 1. The number of carbonyl (C=O) groups excluding carboxylic acids is 1. The number of carbonyl (C=O) groups is 1. The highest BCUT2D eigenvalue weighted by atomic mass is 16.5. The van der Waals surface area contributed by atoms with Gasteiger partial charge in [0, 0.05) is 23.3 Å². The number of hydrogen-bond acceptors (Lipinski definition) is 7. The molecule has 0 unspecified atom stereocenters. The van der Waals surface area contributed by atoms with E-state index in [-0.39, 0.29) is 22.7 Å². The molecule has 2 aliphatic heterocycles. The van der Waals surface area contributed by atoms with Crippen LogP contribution in [0.1, 0.15) is 47.9 Å². The van der Waals surface area contributed by atoms with Crippen LogP contribution in [0.5, 0.6) is 28.7 Å².